The maximum Gasteiger partial charge on any atom is 0.329 e. The van der Waals surface area contributed by atoms with Gasteiger partial charge in [0.25, 0.3) is 0 Å². The highest BCUT2D eigenvalue weighted by Crippen LogP contribution is 2.36. The van der Waals surface area contributed by atoms with Gasteiger partial charge in [0.15, 0.2) is 0 Å². The zero-order valence-electron chi connectivity index (χ0n) is 24.5. The van der Waals surface area contributed by atoms with Crippen LogP contribution in [-0.2, 0) is 23.9 Å². The number of esters is 2. The Balaban J connectivity index is 2.13. The summed E-state index contributed by atoms with van der Waals surface area (Å²) < 4.78 is 16.2. The van der Waals surface area contributed by atoms with Crippen LogP contribution in [0.1, 0.15) is 25.3 Å². The fourth-order valence-electron chi connectivity index (χ4n) is 3.76. The molecule has 45 heavy (non-hydrogen) atoms. The van der Waals surface area contributed by atoms with Gasteiger partial charge >= 0.3 is 18.0 Å². The number of para-hydroxylation sites is 1. The first-order chi connectivity index (χ1) is 21.7. The van der Waals surface area contributed by atoms with Crippen molar-refractivity contribution in [2.45, 2.75) is 43.9 Å². The number of amides is 3. The van der Waals surface area contributed by atoms with Crippen LogP contribution in [0.25, 0.3) is 0 Å². The number of aliphatic hydroxyl groups is 2. The van der Waals surface area contributed by atoms with E-state index in [-0.39, 0.29) is 44.5 Å². The molecule has 0 radical (unpaired) electrons. The number of aliphatic hydroxyl groups excluding tert-OH is 2. The van der Waals surface area contributed by atoms with E-state index >= 15 is 0 Å². The molecule has 1 heterocycles. The van der Waals surface area contributed by atoms with Crippen LogP contribution in [-0.4, -0.2) is 113 Å². The Kier molecular flexibility index (Phi) is 19.3. The van der Waals surface area contributed by atoms with Gasteiger partial charge in [0, 0.05) is 23.7 Å². The van der Waals surface area contributed by atoms with Gasteiger partial charge in [-0.15, -0.1) is 0 Å². The number of nitrogens with one attached hydrogen (secondary N) is 4. The fraction of sp³-hybridized carbons (Fsp3) is 0.538. The zero-order valence-corrected chi connectivity index (χ0v) is 29.4. The minimum absolute atomic E-state index is 0.0330. The van der Waals surface area contributed by atoms with Gasteiger partial charge in [-0.1, -0.05) is 64.2 Å². The Morgan fingerprint density at radius 1 is 0.911 bits per heavy atom. The van der Waals surface area contributed by atoms with Crippen molar-refractivity contribution < 1.29 is 38.9 Å². The molecule has 3 amide bonds. The van der Waals surface area contributed by atoms with Crippen molar-refractivity contribution >= 4 is 108 Å². The number of nitrogens with zero attached hydrogens (tertiary/aromatic N) is 1. The third kappa shape index (κ3) is 12.8. The minimum atomic E-state index is -1.00. The van der Waals surface area contributed by atoms with Crippen molar-refractivity contribution in [2.24, 2.45) is 0 Å². The van der Waals surface area contributed by atoms with Crippen molar-refractivity contribution in [3.63, 3.8) is 0 Å². The van der Waals surface area contributed by atoms with E-state index in [4.69, 9.17) is 33.9 Å². The number of fused-ring (bicyclic) bond motifs is 1. The molecule has 1 aromatic carbocycles. The maximum atomic E-state index is 13.5. The SMILES string of the molecule is CCOC(=O)C(CSSN[C@@H](C=S)CO)NC(=O)C1CN(C(=O)NC(CSSN[C@@H](C=S)CO)C(=O)OCC)c2ccccc21. The van der Waals surface area contributed by atoms with Crippen LogP contribution in [0.2, 0.25) is 0 Å². The Bertz CT molecular complexity index is 1070. The summed E-state index contributed by atoms with van der Waals surface area (Å²) in [5.41, 5.74) is 1.07. The summed E-state index contributed by atoms with van der Waals surface area (Å²) in [4.78, 5) is 53.8. The molecule has 1 aliphatic rings. The molecule has 0 saturated heterocycles. The summed E-state index contributed by atoms with van der Waals surface area (Å²) in [5.74, 6) is -2.19. The number of benzene rings is 1. The molecule has 5 atom stereocenters. The predicted octanol–water partition coefficient (Wildman–Crippen LogP) is 1.77. The summed E-state index contributed by atoms with van der Waals surface area (Å²) in [6.45, 7) is 3.17. The number of hydrogen-bond acceptors (Lipinski definition) is 16. The first kappa shape index (κ1) is 39.5. The number of carbonyl (C=O) groups is 4. The molecule has 19 heteroatoms. The molecule has 0 aliphatic carbocycles. The van der Waals surface area contributed by atoms with E-state index in [1.54, 1.807) is 38.1 Å². The molecule has 6 N–H and O–H groups in total. The molecule has 0 bridgehead atoms. The van der Waals surface area contributed by atoms with Gasteiger partial charge < -0.3 is 30.3 Å². The van der Waals surface area contributed by atoms with Gasteiger partial charge in [-0.05, 0) is 58.2 Å². The molecule has 0 saturated carbocycles. The van der Waals surface area contributed by atoms with Crippen LogP contribution in [0.5, 0.6) is 0 Å². The molecule has 0 spiro atoms. The van der Waals surface area contributed by atoms with Crippen molar-refractivity contribution in [1.82, 2.24) is 20.1 Å². The summed E-state index contributed by atoms with van der Waals surface area (Å²) in [5, 5.41) is 26.8. The van der Waals surface area contributed by atoms with E-state index in [9.17, 15) is 29.4 Å². The van der Waals surface area contributed by atoms with Crippen LogP contribution in [0.4, 0.5) is 10.5 Å². The van der Waals surface area contributed by atoms with Crippen molar-refractivity contribution in [3.05, 3.63) is 29.8 Å². The lowest BCUT2D eigenvalue weighted by Crippen LogP contribution is -2.50. The quantitative estimate of drug-likeness (QED) is 0.0353. The number of carbonyl (C=O) groups excluding carboxylic acids is 4. The monoisotopic (exact) mass is 739 g/mol. The normalized spacial score (nSPS) is 16.4. The van der Waals surface area contributed by atoms with Gasteiger partial charge in [0.2, 0.25) is 5.91 Å². The highest BCUT2D eigenvalue weighted by Gasteiger charge is 2.39. The third-order valence-electron chi connectivity index (χ3n) is 5.99. The predicted molar refractivity (Wildman–Crippen MR) is 189 cm³/mol. The average Bonchev–Trinajstić information content (AvgIpc) is 3.44. The van der Waals surface area contributed by atoms with E-state index in [0.717, 1.165) is 0 Å². The molecule has 2 rings (SSSR count). The molecular weight excluding hydrogens is 703 g/mol. The van der Waals surface area contributed by atoms with E-state index in [0.29, 0.717) is 11.3 Å². The second kappa shape index (κ2) is 22.0. The number of thiocarbonyl (C=S) groups is 2. The smallest absolute Gasteiger partial charge is 0.329 e. The van der Waals surface area contributed by atoms with Gasteiger partial charge in [-0.3, -0.25) is 9.69 Å². The summed E-state index contributed by atoms with van der Waals surface area (Å²) in [6, 6.07) is 3.51. The van der Waals surface area contributed by atoms with Crippen molar-refractivity contribution in [2.75, 3.05) is 49.4 Å². The highest BCUT2D eigenvalue weighted by molar-refractivity contribution is 8.76. The third-order valence-corrected chi connectivity index (χ3v) is 10.7. The first-order valence-electron chi connectivity index (χ1n) is 13.7. The number of hydrogen-bond donors (Lipinski definition) is 6. The number of rotatable bonds is 21. The maximum absolute atomic E-state index is 13.5. The average molecular weight is 740 g/mol. The Morgan fingerprint density at radius 3 is 1.91 bits per heavy atom. The first-order valence-corrected chi connectivity index (χ1v) is 19.3. The lowest BCUT2D eigenvalue weighted by atomic mass is 10.0. The van der Waals surface area contributed by atoms with Crippen molar-refractivity contribution in [3.8, 4) is 0 Å². The fourth-order valence-corrected chi connectivity index (χ4v) is 8.13. The van der Waals surface area contributed by atoms with Crippen LogP contribution in [0.15, 0.2) is 24.3 Å². The van der Waals surface area contributed by atoms with Gasteiger partial charge in [0.1, 0.15) is 12.1 Å². The minimum Gasteiger partial charge on any atom is -0.464 e. The van der Waals surface area contributed by atoms with Gasteiger partial charge in [0.05, 0.1) is 44.4 Å². The summed E-state index contributed by atoms with van der Waals surface area (Å²) >= 11 is 9.68. The van der Waals surface area contributed by atoms with Crippen molar-refractivity contribution in [1.29, 1.82) is 0 Å². The molecule has 3 unspecified atom stereocenters. The topological polar surface area (TPSA) is 179 Å². The number of urea groups is 1. The lowest BCUT2D eigenvalue weighted by molar-refractivity contribution is -0.146. The summed E-state index contributed by atoms with van der Waals surface area (Å²) in [6.07, 6.45) is 0. The standard InChI is InChI=1S/C26H37N5O8S6/c1-3-38-24(35)20(14-42-44-29-16(10-32)12-40)27-23(34)19-9-31(22-8-6-5-7-18(19)22)26(37)28-21(25(36)39-4-2)15-43-45-30-17(11-33)13-41/h5-8,12-13,16-17,19-21,29-30,32-33H,3-4,9-11,14-15H2,1-2H3,(H,27,34)(H,28,37)/t16-,17-,19?,20?,21?/m1/s1. The zero-order chi connectivity index (χ0) is 33.2. The van der Waals surface area contributed by atoms with Crippen LogP contribution < -0.4 is 25.0 Å². The molecular formula is C26H37N5O8S6. The van der Waals surface area contributed by atoms with Crippen LogP contribution >= 0.6 is 68.0 Å². The second-order valence-electron chi connectivity index (χ2n) is 9.11. The van der Waals surface area contributed by atoms with E-state index in [1.807, 2.05) is 0 Å². The van der Waals surface area contributed by atoms with Crippen LogP contribution in [0, 0.1) is 0 Å². The Labute approximate surface area is 288 Å². The number of ether oxygens (including phenoxy) is 2. The Morgan fingerprint density at radius 2 is 1.42 bits per heavy atom. The molecule has 1 aliphatic heterocycles. The van der Waals surface area contributed by atoms with Gasteiger partial charge in [-0.25, -0.2) is 23.8 Å². The summed E-state index contributed by atoms with van der Waals surface area (Å²) in [7, 11) is 4.82. The molecule has 0 fully saturated rings. The number of anilines is 1. The van der Waals surface area contributed by atoms with Gasteiger partial charge in [-0.2, -0.15) is 0 Å². The van der Waals surface area contributed by atoms with E-state index in [2.05, 4.69) is 20.1 Å². The molecule has 1 aromatic rings. The van der Waals surface area contributed by atoms with Crippen LogP contribution in [0.3, 0.4) is 0 Å². The largest absolute Gasteiger partial charge is 0.464 e. The van der Waals surface area contributed by atoms with E-state index in [1.165, 1.54) is 59.2 Å². The molecule has 0 aromatic heterocycles. The lowest BCUT2D eigenvalue weighted by Gasteiger charge is -2.23. The second-order valence-corrected chi connectivity index (χ2v) is 14.0. The van der Waals surface area contributed by atoms with E-state index < -0.39 is 54.0 Å². The molecule has 13 nitrogen and oxygen atoms in total. The highest BCUT2D eigenvalue weighted by atomic mass is 33.1. The molecule has 250 valence electrons. The Hall–Kier alpha value is -1.68.